The summed E-state index contributed by atoms with van der Waals surface area (Å²) in [6.45, 7) is 11.8. The number of hydrogen-bond donors (Lipinski definition) is 1. The molecule has 4 aromatic rings. The summed E-state index contributed by atoms with van der Waals surface area (Å²) in [4.78, 5) is 12.8. The van der Waals surface area contributed by atoms with Gasteiger partial charge in [-0.15, -0.1) is 0 Å². The van der Waals surface area contributed by atoms with Crippen molar-refractivity contribution in [2.75, 3.05) is 5.32 Å². The molecule has 3 aromatic heterocycles. The summed E-state index contributed by atoms with van der Waals surface area (Å²) in [5, 5.41) is 7.09. The Hall–Kier alpha value is -3.36. The molecular formula is C30H39F3N6O3SSi. The predicted octanol–water partition coefficient (Wildman–Crippen LogP) is 7.10. The zero-order valence-corrected chi connectivity index (χ0v) is 28.1. The van der Waals surface area contributed by atoms with Gasteiger partial charge in [0, 0.05) is 24.2 Å². The second kappa shape index (κ2) is 12.2. The van der Waals surface area contributed by atoms with Crippen LogP contribution in [-0.4, -0.2) is 47.1 Å². The Labute approximate surface area is 257 Å². The lowest BCUT2D eigenvalue weighted by Gasteiger charge is -2.42. The fourth-order valence-electron chi connectivity index (χ4n) is 5.35. The lowest BCUT2D eigenvalue weighted by Crippen LogP contribution is -2.52. The summed E-state index contributed by atoms with van der Waals surface area (Å²) in [6.07, 6.45) is 3.90. The molecule has 0 amide bonds. The Morgan fingerprint density at radius 2 is 1.75 bits per heavy atom. The smallest absolute Gasteiger partial charge is 0.302 e. The lowest BCUT2D eigenvalue weighted by molar-refractivity contribution is -0.161. The predicted molar refractivity (Wildman–Crippen MR) is 165 cm³/mol. The average molecular weight is 649 g/mol. The van der Waals surface area contributed by atoms with E-state index in [0.717, 1.165) is 6.07 Å². The largest absolute Gasteiger partial charge is 0.405 e. The van der Waals surface area contributed by atoms with Gasteiger partial charge in [0.05, 0.1) is 29.5 Å². The summed E-state index contributed by atoms with van der Waals surface area (Å²) >= 11 is 0. The average Bonchev–Trinajstić information content (AvgIpc) is 3.42. The first kappa shape index (κ1) is 33.5. The molecule has 238 valence electrons. The van der Waals surface area contributed by atoms with Gasteiger partial charge in [0.1, 0.15) is 28.0 Å². The summed E-state index contributed by atoms with van der Waals surface area (Å²) in [5.41, 5.74) is -2.35. The van der Waals surface area contributed by atoms with Crippen molar-refractivity contribution < 1.29 is 26.0 Å². The van der Waals surface area contributed by atoms with E-state index in [1.165, 1.54) is 55.3 Å². The van der Waals surface area contributed by atoms with Crippen LogP contribution in [0.3, 0.4) is 0 Å². The third kappa shape index (κ3) is 6.11. The highest BCUT2D eigenvalue weighted by Gasteiger charge is 2.54. The van der Waals surface area contributed by atoms with Crippen LogP contribution in [0.25, 0.3) is 10.9 Å². The molecule has 0 aliphatic heterocycles. The van der Waals surface area contributed by atoms with Crippen molar-refractivity contribution in [2.45, 2.75) is 94.1 Å². The minimum Gasteiger partial charge on any atom is -0.405 e. The Morgan fingerprint density at radius 1 is 1.09 bits per heavy atom. The lowest BCUT2D eigenvalue weighted by atomic mass is 9.91. The van der Waals surface area contributed by atoms with Gasteiger partial charge in [0.25, 0.3) is 0 Å². The van der Waals surface area contributed by atoms with E-state index in [4.69, 9.17) is 4.43 Å². The number of halogens is 3. The van der Waals surface area contributed by atoms with Crippen LogP contribution in [0.1, 0.15) is 64.5 Å². The number of aromatic nitrogens is 5. The van der Waals surface area contributed by atoms with Crippen LogP contribution in [0.4, 0.5) is 19.0 Å². The van der Waals surface area contributed by atoms with Gasteiger partial charge >= 0.3 is 5.92 Å². The fraction of sp³-hybridized carbons (Fsp3) is 0.467. The molecule has 4 rings (SSSR count). The van der Waals surface area contributed by atoms with Gasteiger partial charge < -0.3 is 9.74 Å². The van der Waals surface area contributed by atoms with Crippen LogP contribution in [0.5, 0.6) is 0 Å². The molecule has 0 fully saturated rings. The van der Waals surface area contributed by atoms with Gasteiger partial charge in [-0.3, -0.25) is 4.68 Å². The van der Waals surface area contributed by atoms with Crippen LogP contribution in [0.2, 0.25) is 18.1 Å². The molecule has 3 heterocycles. The van der Waals surface area contributed by atoms with E-state index >= 15 is 13.2 Å². The fourth-order valence-corrected chi connectivity index (χ4v) is 9.68. The Bertz CT molecular complexity index is 1770. The monoisotopic (exact) mass is 648 g/mol. The van der Waals surface area contributed by atoms with Crippen LogP contribution in [-0.2, 0) is 27.2 Å². The molecule has 0 aliphatic rings. The molecule has 14 heteroatoms. The van der Waals surface area contributed by atoms with E-state index in [9.17, 15) is 8.42 Å². The van der Waals surface area contributed by atoms with E-state index in [-0.39, 0.29) is 21.3 Å². The highest BCUT2D eigenvalue weighted by Crippen LogP contribution is 2.46. The number of hydrogen-bond acceptors (Lipinski definition) is 8. The molecule has 9 nitrogen and oxygen atoms in total. The van der Waals surface area contributed by atoms with Crippen molar-refractivity contribution in [3.8, 4) is 0 Å². The third-order valence-electron chi connectivity index (χ3n) is 8.28. The summed E-state index contributed by atoms with van der Waals surface area (Å²) < 4.78 is 82.2. The first-order valence-corrected chi connectivity index (χ1v) is 18.5. The molecule has 1 aromatic carbocycles. The van der Waals surface area contributed by atoms with Crippen molar-refractivity contribution in [3.05, 3.63) is 65.6 Å². The van der Waals surface area contributed by atoms with Gasteiger partial charge in [-0.1, -0.05) is 32.9 Å². The van der Waals surface area contributed by atoms with Crippen molar-refractivity contribution in [1.29, 1.82) is 0 Å². The van der Waals surface area contributed by atoms with Crippen LogP contribution >= 0.6 is 0 Å². The number of nitrogens with one attached hydrogen (secondary N) is 1. The minimum absolute atomic E-state index is 0.00960. The number of aryl methyl sites for hydroxylation is 2. The number of fused-ring (bicyclic) bond motifs is 1. The van der Waals surface area contributed by atoms with E-state index < -0.39 is 47.1 Å². The maximum atomic E-state index is 16.1. The van der Waals surface area contributed by atoms with Gasteiger partial charge in [-0.2, -0.15) is 13.9 Å². The van der Waals surface area contributed by atoms with E-state index in [2.05, 4.69) is 25.4 Å². The van der Waals surface area contributed by atoms with Crippen molar-refractivity contribution in [1.82, 2.24) is 24.7 Å². The van der Waals surface area contributed by atoms with Gasteiger partial charge in [0.2, 0.25) is 9.84 Å². The third-order valence-corrected chi connectivity index (χ3v) is 14.7. The van der Waals surface area contributed by atoms with Crippen molar-refractivity contribution >= 4 is 34.9 Å². The highest BCUT2D eigenvalue weighted by molar-refractivity contribution is 7.91. The topological polar surface area (TPSA) is 112 Å². The standard InChI is InChI=1S/C30H39F3N6O3SSi/c1-9-44(10-2,11-3)42-29(6,7)30(32,33)24-14-12-13-22(27(24)31)19(4)36-28-23-15-26(34-17-25(23)37-20(5)38-28)43(40,41)21-16-35-39(8)18-21/h12-19H,9-11H2,1-8H3,(H,36,37,38)/t19-/m1/s1. The number of benzene rings is 1. The van der Waals surface area contributed by atoms with Crippen LogP contribution < -0.4 is 5.32 Å². The van der Waals surface area contributed by atoms with Gasteiger partial charge in [0.15, 0.2) is 13.3 Å². The number of anilines is 1. The first-order chi connectivity index (χ1) is 20.5. The zero-order chi connectivity index (χ0) is 32.7. The molecule has 0 saturated heterocycles. The maximum absolute atomic E-state index is 16.1. The number of pyridine rings is 1. The maximum Gasteiger partial charge on any atom is 0.302 e. The molecule has 0 bridgehead atoms. The highest BCUT2D eigenvalue weighted by atomic mass is 32.2. The molecule has 1 atom stereocenters. The number of nitrogens with zero attached hydrogens (tertiary/aromatic N) is 5. The first-order valence-electron chi connectivity index (χ1n) is 14.5. The van der Waals surface area contributed by atoms with Crippen LogP contribution in [0, 0.1) is 12.7 Å². The zero-order valence-electron chi connectivity index (χ0n) is 26.2. The van der Waals surface area contributed by atoms with Crippen LogP contribution in [0.15, 0.2) is 52.8 Å². The Kier molecular flexibility index (Phi) is 9.30. The van der Waals surface area contributed by atoms with Gasteiger partial charge in [-0.05, 0) is 58.0 Å². The Morgan fingerprint density at radius 3 is 2.34 bits per heavy atom. The molecule has 0 radical (unpaired) electrons. The number of alkyl halides is 2. The van der Waals surface area contributed by atoms with Crippen molar-refractivity contribution in [2.24, 2.45) is 7.05 Å². The van der Waals surface area contributed by atoms with E-state index in [0.29, 0.717) is 34.9 Å². The molecular weight excluding hydrogens is 610 g/mol. The Balaban J connectivity index is 1.72. The molecule has 0 spiro atoms. The van der Waals surface area contributed by atoms with E-state index in [1.54, 1.807) is 20.9 Å². The molecule has 0 aliphatic carbocycles. The van der Waals surface area contributed by atoms with E-state index in [1.807, 2.05) is 20.8 Å². The molecule has 44 heavy (non-hydrogen) atoms. The SMILES string of the molecule is CC[Si](CC)(CC)OC(C)(C)C(F)(F)c1cccc([C@@H](C)Nc2nc(C)nc3cnc(S(=O)(=O)c4cnn(C)c4)cc23)c1F. The number of sulfone groups is 1. The van der Waals surface area contributed by atoms with Gasteiger partial charge in [-0.25, -0.2) is 27.8 Å². The summed E-state index contributed by atoms with van der Waals surface area (Å²) in [7, 11) is -4.86. The second-order valence-corrected chi connectivity index (χ2v) is 18.1. The minimum atomic E-state index is -4.01. The normalized spacial score (nSPS) is 13.8. The summed E-state index contributed by atoms with van der Waals surface area (Å²) in [5.74, 6) is -4.13. The van der Waals surface area contributed by atoms with Crippen molar-refractivity contribution in [3.63, 3.8) is 0 Å². The molecule has 1 N–H and O–H groups in total. The summed E-state index contributed by atoms with van der Waals surface area (Å²) in [6, 6.07) is 6.44. The second-order valence-electron chi connectivity index (χ2n) is 11.5. The number of rotatable bonds is 12. The quantitative estimate of drug-likeness (QED) is 0.162. The molecule has 0 unspecified atom stereocenters. The molecule has 0 saturated carbocycles.